The van der Waals surface area contributed by atoms with Crippen molar-refractivity contribution in [3.8, 4) is 16.9 Å². The molecule has 1 saturated heterocycles. The first kappa shape index (κ1) is 33.0. The third kappa shape index (κ3) is 6.14. The van der Waals surface area contributed by atoms with Crippen molar-refractivity contribution in [3.05, 3.63) is 70.5 Å². The summed E-state index contributed by atoms with van der Waals surface area (Å²) >= 11 is 3.39. The summed E-state index contributed by atoms with van der Waals surface area (Å²) in [7, 11) is 0. The number of carbonyl (C=O) groups excluding carboxylic acids is 3. The Labute approximate surface area is 292 Å². The Morgan fingerprint density at radius 2 is 1.92 bits per heavy atom. The molecule has 2 aliphatic heterocycles. The van der Waals surface area contributed by atoms with Crippen LogP contribution >= 0.6 is 15.9 Å². The minimum absolute atomic E-state index is 0.138. The minimum Gasteiger partial charge on any atom is -0.493 e. The molecule has 49 heavy (non-hydrogen) atoms. The molecule has 4 atom stereocenters. The van der Waals surface area contributed by atoms with Crippen molar-refractivity contribution in [2.45, 2.75) is 65.6 Å². The topological polar surface area (TPSA) is 141 Å². The number of hydrogen-bond acceptors (Lipinski definition) is 9. The number of nitrogens with zero attached hydrogens (tertiary/aromatic N) is 6. The van der Waals surface area contributed by atoms with Crippen molar-refractivity contribution >= 4 is 50.2 Å². The normalized spacial score (nSPS) is 24.6. The van der Waals surface area contributed by atoms with Crippen LogP contribution in [0.1, 0.15) is 55.0 Å². The van der Waals surface area contributed by atoms with Crippen molar-refractivity contribution in [2.75, 3.05) is 25.1 Å². The molecule has 0 radical (unpaired) electrons. The lowest BCUT2D eigenvalue weighted by molar-refractivity contribution is -0.138. The molecule has 2 amide bonds. The molecular weight excluding hydrogens is 690 g/mol. The van der Waals surface area contributed by atoms with Gasteiger partial charge in [-0.1, -0.05) is 25.1 Å². The van der Waals surface area contributed by atoms with E-state index in [-0.39, 0.29) is 47.2 Å². The van der Waals surface area contributed by atoms with Gasteiger partial charge in [0.1, 0.15) is 40.3 Å². The standard InChI is InChI=1S/C36H38BrN7O5/c1-20-9-10-30(37)40-34(20)41-35(47)28-15-36-19-48-11-7-5-6-8-12-49-29-14-27-26(13-25(29)24-16-38-23(4)39-17-24)32(22(3)45)42-43(27)18-31(46)44(28)33(36)21(36)2/h5,7,9-10,13-14,16-17,21,28,33H,6,8,11-12,15,18-19H2,1-4H3,(H,40,41,47)/b7-5+/t21-,28-,33?,36+/m0/s1. The SMILES string of the molecule is CC(=O)c1nn2c3cc(c(-c4cnc(C)nc4)cc13)OCCC/C=C/COC[C@@]13C[C@@H](C(=O)Nc4nc(Br)ccc4C)N(C(=O)C2)C1[C@@H]3C. The zero-order valence-corrected chi connectivity index (χ0v) is 29.5. The number of allylic oxidation sites excluding steroid dienone is 1. The number of aromatic nitrogens is 5. The van der Waals surface area contributed by atoms with Gasteiger partial charge >= 0.3 is 0 Å². The number of hydrogen-bond donors (Lipinski definition) is 1. The molecule has 1 saturated carbocycles. The Morgan fingerprint density at radius 3 is 2.69 bits per heavy atom. The molecule has 1 aromatic carbocycles. The van der Waals surface area contributed by atoms with Crippen LogP contribution in [0.25, 0.3) is 22.0 Å². The van der Waals surface area contributed by atoms with E-state index in [1.165, 1.54) is 6.92 Å². The third-order valence-corrected chi connectivity index (χ3v) is 10.5. The lowest BCUT2D eigenvalue weighted by Gasteiger charge is -2.28. The Kier molecular flexibility index (Phi) is 8.82. The number of ketones is 1. The summed E-state index contributed by atoms with van der Waals surface area (Å²) in [5, 5.41) is 8.23. The summed E-state index contributed by atoms with van der Waals surface area (Å²) in [4.78, 5) is 56.2. The van der Waals surface area contributed by atoms with Gasteiger partial charge in [-0.2, -0.15) is 5.10 Å². The summed E-state index contributed by atoms with van der Waals surface area (Å²) in [6, 6.07) is 6.46. The van der Waals surface area contributed by atoms with E-state index in [1.54, 1.807) is 22.0 Å². The molecule has 13 heteroatoms. The van der Waals surface area contributed by atoms with Crippen molar-refractivity contribution < 1.29 is 23.9 Å². The molecule has 0 spiro atoms. The first-order valence-corrected chi connectivity index (χ1v) is 17.3. The van der Waals surface area contributed by atoms with Gasteiger partial charge in [-0.05, 0) is 72.7 Å². The van der Waals surface area contributed by atoms with E-state index in [4.69, 9.17) is 9.47 Å². The maximum Gasteiger partial charge on any atom is 0.248 e. The number of ether oxygens (including phenoxy) is 2. The van der Waals surface area contributed by atoms with Crippen LogP contribution in [0.2, 0.25) is 0 Å². The number of amides is 2. The number of benzene rings is 1. The molecule has 2 fully saturated rings. The van der Waals surface area contributed by atoms with E-state index in [9.17, 15) is 14.4 Å². The first-order valence-electron chi connectivity index (χ1n) is 16.5. The van der Waals surface area contributed by atoms with Gasteiger partial charge in [-0.15, -0.1) is 0 Å². The zero-order chi connectivity index (χ0) is 34.4. The monoisotopic (exact) mass is 727 g/mol. The van der Waals surface area contributed by atoms with Crippen molar-refractivity contribution in [1.29, 1.82) is 0 Å². The van der Waals surface area contributed by atoms with E-state index in [0.29, 0.717) is 59.1 Å². The number of halogens is 1. The Balaban J connectivity index is 1.30. The second-order valence-electron chi connectivity index (χ2n) is 13.2. The van der Waals surface area contributed by atoms with Crippen LogP contribution in [0.4, 0.5) is 5.82 Å². The Morgan fingerprint density at radius 1 is 1.12 bits per heavy atom. The smallest absolute Gasteiger partial charge is 0.248 e. The number of carbonyl (C=O) groups is 3. The van der Waals surface area contributed by atoms with E-state index >= 15 is 0 Å². The van der Waals surface area contributed by atoms with Crippen LogP contribution in [0.5, 0.6) is 5.75 Å². The maximum atomic E-state index is 14.4. The van der Waals surface area contributed by atoms with Gasteiger partial charge in [0.2, 0.25) is 11.8 Å². The second-order valence-corrected chi connectivity index (χ2v) is 14.0. The van der Waals surface area contributed by atoms with Crippen LogP contribution in [0, 0.1) is 25.2 Å². The molecule has 4 aromatic rings. The summed E-state index contributed by atoms with van der Waals surface area (Å²) in [5.41, 5.74) is 2.75. The fourth-order valence-corrected chi connectivity index (χ4v) is 7.67. The lowest BCUT2D eigenvalue weighted by atomic mass is 9.96. The van der Waals surface area contributed by atoms with Crippen molar-refractivity contribution in [3.63, 3.8) is 0 Å². The number of anilines is 1. The highest BCUT2D eigenvalue weighted by atomic mass is 79.9. The molecule has 5 heterocycles. The average Bonchev–Trinajstić information content (AvgIpc) is 3.33. The van der Waals surface area contributed by atoms with Crippen LogP contribution in [0.15, 0.2) is 53.4 Å². The molecule has 7 rings (SSSR count). The first-order chi connectivity index (χ1) is 23.6. The van der Waals surface area contributed by atoms with E-state index in [2.05, 4.69) is 54.3 Å². The predicted octanol–water partition coefficient (Wildman–Crippen LogP) is 5.46. The molecule has 12 nitrogen and oxygen atoms in total. The molecule has 3 aromatic heterocycles. The van der Waals surface area contributed by atoms with Gasteiger partial charge in [0.25, 0.3) is 0 Å². The highest BCUT2D eigenvalue weighted by molar-refractivity contribution is 9.10. The van der Waals surface area contributed by atoms with E-state index in [0.717, 1.165) is 29.5 Å². The van der Waals surface area contributed by atoms with Crippen LogP contribution in [-0.2, 0) is 20.9 Å². The summed E-state index contributed by atoms with van der Waals surface area (Å²) in [6.07, 6.45) is 9.59. The predicted molar refractivity (Wildman–Crippen MR) is 186 cm³/mol. The van der Waals surface area contributed by atoms with Gasteiger partial charge in [-0.25, -0.2) is 15.0 Å². The number of fused-ring (bicyclic) bond motifs is 1. The summed E-state index contributed by atoms with van der Waals surface area (Å²) < 4.78 is 14.6. The van der Waals surface area contributed by atoms with Crippen LogP contribution < -0.4 is 10.1 Å². The van der Waals surface area contributed by atoms with Gasteiger partial charge in [0.15, 0.2) is 5.78 Å². The van der Waals surface area contributed by atoms with Gasteiger partial charge in [0, 0.05) is 53.4 Å². The fraction of sp³-hybridized carbons (Fsp3) is 0.417. The van der Waals surface area contributed by atoms with Crippen LogP contribution in [-0.4, -0.2) is 79.1 Å². The largest absolute Gasteiger partial charge is 0.493 e. The fourth-order valence-electron chi connectivity index (χ4n) is 7.36. The molecule has 254 valence electrons. The minimum atomic E-state index is -0.740. The molecule has 4 bridgehead atoms. The van der Waals surface area contributed by atoms with Gasteiger partial charge < -0.3 is 19.7 Å². The molecule has 1 N–H and O–H groups in total. The number of nitrogens with one attached hydrogen (secondary N) is 1. The number of piperidine rings is 1. The van der Waals surface area contributed by atoms with Gasteiger partial charge in [0.05, 0.1) is 25.3 Å². The van der Waals surface area contributed by atoms with Crippen molar-refractivity contribution in [2.24, 2.45) is 11.3 Å². The lowest BCUT2D eigenvalue weighted by Crippen LogP contribution is -2.47. The number of Topliss-reactive ketones (excluding diaryl/α,β-unsaturated/α-hetero) is 1. The van der Waals surface area contributed by atoms with E-state index in [1.807, 2.05) is 44.2 Å². The molecule has 1 unspecified atom stereocenters. The van der Waals surface area contributed by atoms with Crippen LogP contribution in [0.3, 0.4) is 0 Å². The second kappa shape index (κ2) is 13.1. The van der Waals surface area contributed by atoms with E-state index < -0.39 is 6.04 Å². The zero-order valence-electron chi connectivity index (χ0n) is 27.9. The highest BCUT2D eigenvalue weighted by Crippen LogP contribution is 2.64. The maximum absolute atomic E-state index is 14.4. The Bertz CT molecular complexity index is 1990. The number of aryl methyl sites for hydroxylation is 2. The quantitative estimate of drug-likeness (QED) is 0.165. The number of rotatable bonds is 4. The summed E-state index contributed by atoms with van der Waals surface area (Å²) in [6.45, 7) is 8.40. The highest BCUT2D eigenvalue weighted by Gasteiger charge is 2.72. The number of pyridine rings is 1. The Hall–Kier alpha value is -4.49. The molecule has 1 aliphatic carbocycles. The van der Waals surface area contributed by atoms with Crippen molar-refractivity contribution in [1.82, 2.24) is 29.6 Å². The molecular formula is C36H38BrN7O5. The van der Waals surface area contributed by atoms with Gasteiger partial charge in [-0.3, -0.25) is 19.1 Å². The average molecular weight is 729 g/mol. The third-order valence-electron chi connectivity index (χ3n) is 10.1. The summed E-state index contributed by atoms with van der Waals surface area (Å²) in [5.74, 6) is 0.978. The molecule has 3 aliphatic rings.